The smallest absolute Gasteiger partial charge is 0.222 e. The zero-order valence-corrected chi connectivity index (χ0v) is 8.72. The second-order valence-electron chi connectivity index (χ2n) is 3.67. The molecule has 1 aliphatic carbocycles. The Morgan fingerprint density at radius 2 is 2.50 bits per heavy atom. The zero-order valence-electron chi connectivity index (χ0n) is 7.90. The van der Waals surface area contributed by atoms with Gasteiger partial charge in [-0.15, -0.1) is 11.3 Å². The maximum absolute atomic E-state index is 11.4. The first kappa shape index (κ1) is 9.68. The van der Waals surface area contributed by atoms with Gasteiger partial charge in [0, 0.05) is 23.4 Å². The van der Waals surface area contributed by atoms with E-state index in [9.17, 15) is 4.79 Å². The van der Waals surface area contributed by atoms with E-state index >= 15 is 0 Å². The fourth-order valence-electron chi connectivity index (χ4n) is 1.32. The zero-order chi connectivity index (χ0) is 9.97. The van der Waals surface area contributed by atoms with Gasteiger partial charge in [0.25, 0.3) is 0 Å². The third-order valence-electron chi connectivity index (χ3n) is 2.26. The molecule has 1 fully saturated rings. The van der Waals surface area contributed by atoms with Gasteiger partial charge >= 0.3 is 0 Å². The Morgan fingerprint density at radius 3 is 3.07 bits per heavy atom. The summed E-state index contributed by atoms with van der Waals surface area (Å²) in [5.41, 5.74) is 5.89. The lowest BCUT2D eigenvalue weighted by molar-refractivity contribution is -0.121. The van der Waals surface area contributed by atoms with E-state index in [2.05, 4.69) is 5.32 Å². The molecule has 3 nitrogen and oxygen atoms in total. The van der Waals surface area contributed by atoms with Crippen molar-refractivity contribution in [3.05, 3.63) is 22.4 Å². The lowest BCUT2D eigenvalue weighted by atomic mass is 10.2. The van der Waals surface area contributed by atoms with Crippen molar-refractivity contribution in [1.82, 2.24) is 5.32 Å². The van der Waals surface area contributed by atoms with E-state index in [0.29, 0.717) is 12.5 Å². The van der Waals surface area contributed by atoms with Crippen molar-refractivity contribution in [1.29, 1.82) is 0 Å². The average molecular weight is 210 g/mol. The topological polar surface area (TPSA) is 55.1 Å². The Labute approximate surface area is 87.3 Å². The van der Waals surface area contributed by atoms with Crippen molar-refractivity contribution in [3.63, 3.8) is 0 Å². The molecule has 1 aromatic rings. The Hall–Kier alpha value is -0.870. The molecule has 3 N–H and O–H groups in total. The Morgan fingerprint density at radius 1 is 1.71 bits per heavy atom. The minimum atomic E-state index is -0.145. The van der Waals surface area contributed by atoms with Crippen molar-refractivity contribution in [2.24, 2.45) is 5.73 Å². The Kier molecular flexibility index (Phi) is 2.84. The summed E-state index contributed by atoms with van der Waals surface area (Å²) in [7, 11) is 0. The molecule has 1 saturated carbocycles. The van der Waals surface area contributed by atoms with Crippen molar-refractivity contribution in [3.8, 4) is 0 Å². The fraction of sp³-hybridized carbons (Fsp3) is 0.500. The molecule has 0 bridgehead atoms. The van der Waals surface area contributed by atoms with E-state index in [1.165, 1.54) is 0 Å². The molecule has 1 aliphatic rings. The van der Waals surface area contributed by atoms with Crippen molar-refractivity contribution >= 4 is 17.2 Å². The van der Waals surface area contributed by atoms with Gasteiger partial charge in [-0.1, -0.05) is 6.07 Å². The summed E-state index contributed by atoms with van der Waals surface area (Å²) in [6.45, 7) is 0. The van der Waals surface area contributed by atoms with Crippen molar-refractivity contribution in [2.75, 3.05) is 0 Å². The summed E-state index contributed by atoms with van der Waals surface area (Å²) in [5.74, 6) is 0.0772. The maximum Gasteiger partial charge on any atom is 0.222 e. The van der Waals surface area contributed by atoms with Crippen LogP contribution in [0.1, 0.15) is 30.2 Å². The van der Waals surface area contributed by atoms with Crippen LogP contribution in [0.3, 0.4) is 0 Å². The lowest BCUT2D eigenvalue weighted by Crippen LogP contribution is -2.28. The first-order chi connectivity index (χ1) is 6.75. The molecular formula is C10H14N2OS. The predicted octanol–water partition coefficient (Wildman–Crippen LogP) is 1.42. The van der Waals surface area contributed by atoms with E-state index in [0.717, 1.165) is 17.7 Å². The van der Waals surface area contributed by atoms with E-state index in [1.54, 1.807) is 11.3 Å². The van der Waals surface area contributed by atoms with E-state index in [1.807, 2.05) is 17.5 Å². The van der Waals surface area contributed by atoms with Gasteiger partial charge in [0.05, 0.1) is 0 Å². The lowest BCUT2D eigenvalue weighted by Gasteiger charge is -2.09. The van der Waals surface area contributed by atoms with Crippen LogP contribution in [0, 0.1) is 0 Å². The second-order valence-corrected chi connectivity index (χ2v) is 4.65. The van der Waals surface area contributed by atoms with Crippen molar-refractivity contribution < 1.29 is 4.79 Å². The molecule has 4 heteroatoms. The first-order valence-electron chi connectivity index (χ1n) is 4.84. The number of nitrogens with one attached hydrogen (secondary N) is 1. The molecule has 1 amide bonds. The third kappa shape index (κ3) is 2.56. The van der Waals surface area contributed by atoms with Crippen molar-refractivity contribution in [2.45, 2.75) is 31.3 Å². The predicted molar refractivity (Wildman–Crippen MR) is 57.0 cm³/mol. The quantitative estimate of drug-likeness (QED) is 0.789. The molecule has 0 aromatic carbocycles. The molecule has 0 unspecified atom stereocenters. The fourth-order valence-corrected chi connectivity index (χ4v) is 2.05. The molecule has 1 heterocycles. The van der Waals surface area contributed by atoms with Crippen LogP contribution in [0.5, 0.6) is 0 Å². The molecule has 0 saturated heterocycles. The number of carbonyl (C=O) groups excluding carboxylic acids is 1. The number of rotatable bonds is 4. The highest BCUT2D eigenvalue weighted by Gasteiger charge is 2.24. The normalized spacial score (nSPS) is 17.8. The minimum absolute atomic E-state index is 0.0772. The summed E-state index contributed by atoms with van der Waals surface area (Å²) in [6, 6.07) is 4.21. The van der Waals surface area contributed by atoms with Crippen LogP contribution in [0.25, 0.3) is 0 Å². The molecular weight excluding hydrogens is 196 g/mol. The number of hydrogen-bond acceptors (Lipinski definition) is 3. The number of nitrogens with two attached hydrogens (primary N) is 1. The Balaban J connectivity index is 1.81. The first-order valence-corrected chi connectivity index (χ1v) is 5.72. The van der Waals surface area contributed by atoms with Gasteiger partial charge in [0.15, 0.2) is 0 Å². The number of thiophene rings is 1. The number of amides is 1. The summed E-state index contributed by atoms with van der Waals surface area (Å²) in [4.78, 5) is 12.5. The van der Waals surface area contributed by atoms with Crippen LogP contribution in [0.2, 0.25) is 0 Å². The van der Waals surface area contributed by atoms with E-state index < -0.39 is 0 Å². The number of hydrogen-bond donors (Lipinski definition) is 2. The minimum Gasteiger partial charge on any atom is -0.353 e. The summed E-state index contributed by atoms with van der Waals surface area (Å²) in [6.07, 6.45) is 2.65. The van der Waals surface area contributed by atoms with Gasteiger partial charge < -0.3 is 11.1 Å². The number of carbonyl (C=O) groups is 1. The molecule has 0 aliphatic heterocycles. The highest BCUT2D eigenvalue weighted by atomic mass is 32.1. The highest BCUT2D eigenvalue weighted by molar-refractivity contribution is 7.10. The monoisotopic (exact) mass is 210 g/mol. The second kappa shape index (κ2) is 4.11. The largest absolute Gasteiger partial charge is 0.353 e. The van der Waals surface area contributed by atoms with Crippen LogP contribution in [-0.2, 0) is 4.79 Å². The summed E-state index contributed by atoms with van der Waals surface area (Å²) in [5, 5.41) is 4.91. The summed E-state index contributed by atoms with van der Waals surface area (Å²) < 4.78 is 0. The molecule has 1 aromatic heterocycles. The van der Waals surface area contributed by atoms with Gasteiger partial charge in [-0.3, -0.25) is 4.79 Å². The standard InChI is InChI=1S/C10H14N2OS/c11-8(9-2-1-5-14-9)6-10(13)12-7-3-4-7/h1-2,5,7-8H,3-4,6,11H2,(H,12,13)/t8-/m0/s1. The molecule has 76 valence electrons. The summed E-state index contributed by atoms with van der Waals surface area (Å²) >= 11 is 1.60. The highest BCUT2D eigenvalue weighted by Crippen LogP contribution is 2.22. The molecule has 0 radical (unpaired) electrons. The van der Waals surface area contributed by atoms with Crippen LogP contribution in [0.15, 0.2) is 17.5 Å². The molecule has 0 spiro atoms. The maximum atomic E-state index is 11.4. The van der Waals surface area contributed by atoms with E-state index in [4.69, 9.17) is 5.73 Å². The van der Waals surface area contributed by atoms with Gasteiger partial charge in [-0.25, -0.2) is 0 Å². The van der Waals surface area contributed by atoms with Gasteiger partial charge in [0.1, 0.15) is 0 Å². The van der Waals surface area contributed by atoms with Gasteiger partial charge in [-0.2, -0.15) is 0 Å². The van der Waals surface area contributed by atoms with Crippen LogP contribution in [-0.4, -0.2) is 11.9 Å². The van der Waals surface area contributed by atoms with E-state index in [-0.39, 0.29) is 11.9 Å². The molecule has 1 atom stereocenters. The third-order valence-corrected chi connectivity index (χ3v) is 3.26. The SMILES string of the molecule is N[C@@H](CC(=O)NC1CC1)c1cccs1. The molecule has 2 rings (SSSR count). The van der Waals surface area contributed by atoms with Gasteiger partial charge in [0.2, 0.25) is 5.91 Å². The Bertz CT molecular complexity index is 306. The van der Waals surface area contributed by atoms with Crippen LogP contribution < -0.4 is 11.1 Å². The van der Waals surface area contributed by atoms with Crippen LogP contribution in [0.4, 0.5) is 0 Å². The average Bonchev–Trinajstić information content (AvgIpc) is 2.80. The van der Waals surface area contributed by atoms with Gasteiger partial charge in [-0.05, 0) is 24.3 Å². The molecule has 14 heavy (non-hydrogen) atoms. The van der Waals surface area contributed by atoms with Crippen LogP contribution >= 0.6 is 11.3 Å².